The van der Waals surface area contributed by atoms with Crippen molar-refractivity contribution in [3.8, 4) is 0 Å². The molecule has 1 N–H and O–H groups in total. The van der Waals surface area contributed by atoms with Crippen LogP contribution in [0.4, 0.5) is 4.39 Å². The first-order valence-electron chi connectivity index (χ1n) is 5.56. The molecule has 0 atom stereocenters. The lowest BCUT2D eigenvalue weighted by Gasteiger charge is -2.03. The van der Waals surface area contributed by atoms with Crippen LogP contribution in [-0.2, 0) is 5.75 Å². The number of aromatic carboxylic acids is 1. The summed E-state index contributed by atoms with van der Waals surface area (Å²) in [4.78, 5) is 15.0. The second-order valence-corrected chi connectivity index (χ2v) is 4.92. The van der Waals surface area contributed by atoms with Gasteiger partial charge >= 0.3 is 5.97 Å². The maximum absolute atomic E-state index is 13.9. The fraction of sp³-hybridized carbons (Fsp3) is 0.231. The van der Waals surface area contributed by atoms with Crippen LogP contribution in [0.5, 0.6) is 0 Å². The van der Waals surface area contributed by atoms with Crippen molar-refractivity contribution in [3.05, 3.63) is 46.6 Å². The molecule has 1 aromatic heterocycles. The number of rotatable bonds is 4. The van der Waals surface area contributed by atoms with Crippen molar-refractivity contribution in [2.24, 2.45) is 0 Å². The summed E-state index contributed by atoms with van der Waals surface area (Å²) in [5.41, 5.74) is 0.790. The maximum atomic E-state index is 13.9. The molecule has 0 saturated carbocycles. The zero-order valence-electron chi connectivity index (χ0n) is 10.4. The Morgan fingerprint density at radius 3 is 2.79 bits per heavy atom. The number of aryl methyl sites for hydroxylation is 2. The number of aromatic nitrogens is 1. The summed E-state index contributed by atoms with van der Waals surface area (Å²) in [6, 6.07) is 4.32. The SMILES string of the molecule is Cc1nc(SCc2cccc(C(=O)O)c2F)oc1C. The minimum atomic E-state index is -1.27. The fourth-order valence-electron chi connectivity index (χ4n) is 1.50. The van der Waals surface area contributed by atoms with Gasteiger partial charge in [0.2, 0.25) is 0 Å². The first-order chi connectivity index (χ1) is 8.99. The van der Waals surface area contributed by atoms with Crippen LogP contribution in [-0.4, -0.2) is 16.1 Å². The van der Waals surface area contributed by atoms with Crippen molar-refractivity contribution in [2.75, 3.05) is 0 Å². The minimum Gasteiger partial charge on any atom is -0.478 e. The van der Waals surface area contributed by atoms with Crippen LogP contribution in [0.15, 0.2) is 27.8 Å². The summed E-state index contributed by atoms with van der Waals surface area (Å²) in [6.07, 6.45) is 0. The molecule has 100 valence electrons. The summed E-state index contributed by atoms with van der Waals surface area (Å²) in [5, 5.41) is 9.29. The average molecular weight is 281 g/mol. The number of oxazole rings is 1. The molecule has 1 heterocycles. The Morgan fingerprint density at radius 2 is 2.21 bits per heavy atom. The van der Waals surface area contributed by atoms with Crippen LogP contribution >= 0.6 is 11.8 Å². The Kier molecular flexibility index (Phi) is 3.90. The number of hydrogen-bond acceptors (Lipinski definition) is 4. The third-order valence-electron chi connectivity index (χ3n) is 2.67. The highest BCUT2D eigenvalue weighted by molar-refractivity contribution is 7.98. The third kappa shape index (κ3) is 2.96. The van der Waals surface area contributed by atoms with Crippen LogP contribution in [0, 0.1) is 19.7 Å². The van der Waals surface area contributed by atoms with E-state index in [9.17, 15) is 9.18 Å². The highest BCUT2D eigenvalue weighted by Gasteiger charge is 2.15. The molecule has 0 bridgehead atoms. The standard InChI is InChI=1S/C13H12FNO3S/c1-7-8(2)18-13(15-7)19-6-9-4-3-5-10(11(9)14)12(16)17/h3-5H,6H2,1-2H3,(H,16,17). The Hall–Kier alpha value is -1.82. The summed E-state index contributed by atoms with van der Waals surface area (Å²) < 4.78 is 19.2. The molecular weight excluding hydrogens is 269 g/mol. The number of halogens is 1. The second kappa shape index (κ2) is 5.44. The summed E-state index contributed by atoms with van der Waals surface area (Å²) >= 11 is 1.23. The van der Waals surface area contributed by atoms with Gasteiger partial charge in [0.15, 0.2) is 0 Å². The Balaban J connectivity index is 2.16. The molecule has 6 heteroatoms. The first kappa shape index (κ1) is 13.6. The van der Waals surface area contributed by atoms with Crippen molar-refractivity contribution in [1.82, 2.24) is 4.98 Å². The Morgan fingerprint density at radius 1 is 1.47 bits per heavy atom. The summed E-state index contributed by atoms with van der Waals surface area (Å²) in [5.74, 6) is -0.983. The van der Waals surface area contributed by atoms with Gasteiger partial charge in [0.25, 0.3) is 5.22 Å². The lowest BCUT2D eigenvalue weighted by atomic mass is 10.1. The smallest absolute Gasteiger partial charge is 0.338 e. The van der Waals surface area contributed by atoms with Crippen molar-refractivity contribution in [3.63, 3.8) is 0 Å². The molecular formula is C13H12FNO3S. The zero-order valence-corrected chi connectivity index (χ0v) is 11.3. The van der Waals surface area contributed by atoms with Gasteiger partial charge in [0, 0.05) is 5.75 Å². The fourth-order valence-corrected chi connectivity index (χ4v) is 2.39. The van der Waals surface area contributed by atoms with Gasteiger partial charge in [0.05, 0.1) is 11.3 Å². The molecule has 0 spiro atoms. The number of carbonyl (C=O) groups is 1. The highest BCUT2D eigenvalue weighted by Crippen LogP contribution is 2.26. The van der Waals surface area contributed by atoms with Gasteiger partial charge in [-0.25, -0.2) is 14.2 Å². The molecule has 2 aromatic rings. The van der Waals surface area contributed by atoms with Crippen molar-refractivity contribution >= 4 is 17.7 Å². The van der Waals surface area contributed by atoms with E-state index in [1.54, 1.807) is 13.0 Å². The maximum Gasteiger partial charge on any atom is 0.338 e. The Bertz CT molecular complexity index is 605. The molecule has 0 saturated heterocycles. The van der Waals surface area contributed by atoms with E-state index in [-0.39, 0.29) is 11.3 Å². The van der Waals surface area contributed by atoms with Crippen molar-refractivity contribution in [2.45, 2.75) is 24.8 Å². The number of thioether (sulfide) groups is 1. The molecule has 0 amide bonds. The van der Waals surface area contributed by atoms with Crippen LogP contribution in [0.1, 0.15) is 27.4 Å². The van der Waals surface area contributed by atoms with Crippen LogP contribution in [0.2, 0.25) is 0 Å². The predicted molar refractivity (Wildman–Crippen MR) is 68.9 cm³/mol. The van der Waals surface area contributed by atoms with Gasteiger partial charge in [-0.05, 0) is 25.5 Å². The topological polar surface area (TPSA) is 63.3 Å². The van der Waals surface area contributed by atoms with E-state index in [4.69, 9.17) is 9.52 Å². The van der Waals surface area contributed by atoms with E-state index in [1.807, 2.05) is 6.92 Å². The first-order valence-corrected chi connectivity index (χ1v) is 6.55. The zero-order chi connectivity index (χ0) is 14.0. The molecule has 0 aliphatic carbocycles. The number of nitrogens with zero attached hydrogens (tertiary/aromatic N) is 1. The lowest BCUT2D eigenvalue weighted by Crippen LogP contribution is -2.02. The van der Waals surface area contributed by atoms with Crippen molar-refractivity contribution in [1.29, 1.82) is 0 Å². The monoisotopic (exact) mass is 281 g/mol. The predicted octanol–water partition coefficient (Wildman–Crippen LogP) is 3.42. The molecule has 2 rings (SSSR count). The van der Waals surface area contributed by atoms with E-state index >= 15 is 0 Å². The number of hydrogen-bond donors (Lipinski definition) is 1. The van der Waals surface area contributed by atoms with Crippen LogP contribution < -0.4 is 0 Å². The van der Waals surface area contributed by atoms with Gasteiger partial charge in [-0.15, -0.1) is 0 Å². The van der Waals surface area contributed by atoms with E-state index < -0.39 is 11.8 Å². The largest absolute Gasteiger partial charge is 0.478 e. The molecule has 0 fully saturated rings. The lowest BCUT2D eigenvalue weighted by molar-refractivity contribution is 0.0691. The van der Waals surface area contributed by atoms with Crippen LogP contribution in [0.3, 0.4) is 0 Å². The van der Waals surface area contributed by atoms with Crippen LogP contribution in [0.25, 0.3) is 0 Å². The number of benzene rings is 1. The van der Waals surface area contributed by atoms with E-state index in [0.29, 0.717) is 10.8 Å². The molecule has 0 aliphatic heterocycles. The van der Waals surface area contributed by atoms with Gasteiger partial charge in [-0.2, -0.15) is 0 Å². The summed E-state index contributed by atoms with van der Waals surface area (Å²) in [7, 11) is 0. The Labute approximate surface area is 113 Å². The summed E-state index contributed by atoms with van der Waals surface area (Å²) in [6.45, 7) is 3.63. The highest BCUT2D eigenvalue weighted by atomic mass is 32.2. The van der Waals surface area contributed by atoms with E-state index in [1.165, 1.54) is 23.9 Å². The minimum absolute atomic E-state index is 0.270. The van der Waals surface area contributed by atoms with Gasteiger partial charge in [-0.1, -0.05) is 23.9 Å². The number of carboxylic acids is 1. The number of carboxylic acid groups (broad SMARTS) is 1. The molecule has 0 radical (unpaired) electrons. The van der Waals surface area contributed by atoms with Gasteiger partial charge < -0.3 is 9.52 Å². The molecule has 4 nitrogen and oxygen atoms in total. The van der Waals surface area contributed by atoms with Gasteiger partial charge in [0.1, 0.15) is 11.6 Å². The van der Waals surface area contributed by atoms with E-state index in [2.05, 4.69) is 4.98 Å². The average Bonchev–Trinajstić information content (AvgIpc) is 2.67. The normalized spacial score (nSPS) is 10.7. The molecule has 19 heavy (non-hydrogen) atoms. The molecule has 1 aromatic carbocycles. The third-order valence-corrected chi connectivity index (χ3v) is 3.55. The van der Waals surface area contributed by atoms with Gasteiger partial charge in [-0.3, -0.25) is 0 Å². The van der Waals surface area contributed by atoms with Crippen molar-refractivity contribution < 1.29 is 18.7 Å². The molecule has 0 unspecified atom stereocenters. The quantitative estimate of drug-likeness (QED) is 0.870. The molecule has 0 aliphatic rings. The second-order valence-electron chi connectivity index (χ2n) is 3.99. The van der Waals surface area contributed by atoms with E-state index in [0.717, 1.165) is 11.5 Å².